The van der Waals surface area contributed by atoms with Gasteiger partial charge in [-0.05, 0) is 63.7 Å². The number of hydrogen-bond acceptors (Lipinski definition) is 4. The summed E-state index contributed by atoms with van der Waals surface area (Å²) in [4.78, 5) is 7.03. The summed E-state index contributed by atoms with van der Waals surface area (Å²) in [6.45, 7) is 3.46. The highest BCUT2D eigenvalue weighted by atomic mass is 16.5. The summed E-state index contributed by atoms with van der Waals surface area (Å²) in [5.41, 5.74) is 3.09. The molecule has 22 heavy (non-hydrogen) atoms. The molecule has 1 heterocycles. The van der Waals surface area contributed by atoms with Gasteiger partial charge in [-0.15, -0.1) is 0 Å². The summed E-state index contributed by atoms with van der Waals surface area (Å²) in [7, 11) is 5.83. The van der Waals surface area contributed by atoms with E-state index >= 15 is 0 Å². The number of nitrogens with zero attached hydrogens (tertiary/aromatic N) is 2. The number of pyridine rings is 1. The first-order chi connectivity index (χ1) is 10.5. The molecule has 0 radical (unpaired) electrons. The van der Waals surface area contributed by atoms with Crippen LogP contribution >= 0.6 is 0 Å². The van der Waals surface area contributed by atoms with Gasteiger partial charge in [0.05, 0.1) is 17.9 Å². The Morgan fingerprint density at radius 3 is 2.55 bits per heavy atom. The van der Waals surface area contributed by atoms with Crippen molar-refractivity contribution in [3.8, 4) is 0 Å². The van der Waals surface area contributed by atoms with Crippen molar-refractivity contribution in [3.05, 3.63) is 29.1 Å². The van der Waals surface area contributed by atoms with E-state index in [1.165, 1.54) is 11.3 Å². The van der Waals surface area contributed by atoms with E-state index in [4.69, 9.17) is 9.72 Å². The largest absolute Gasteiger partial charge is 0.387 e. The normalized spacial score (nSPS) is 25.6. The monoisotopic (exact) mass is 306 g/mol. The molecular weight excluding hydrogens is 276 g/mol. The lowest BCUT2D eigenvalue weighted by Gasteiger charge is -2.36. The third kappa shape index (κ3) is 4.28. The Hall–Kier alpha value is -0.970. The zero-order chi connectivity index (χ0) is 16.2. The van der Waals surface area contributed by atoms with Gasteiger partial charge < -0.3 is 14.7 Å². The second kappa shape index (κ2) is 7.53. The maximum Gasteiger partial charge on any atom is 0.0880 e. The van der Waals surface area contributed by atoms with Crippen molar-refractivity contribution in [2.24, 2.45) is 0 Å². The molecule has 4 heteroatoms. The van der Waals surface area contributed by atoms with Crippen LogP contribution < -0.4 is 0 Å². The zero-order valence-electron chi connectivity index (χ0n) is 14.4. The van der Waals surface area contributed by atoms with E-state index in [1.54, 1.807) is 7.11 Å². The molecule has 0 unspecified atom stereocenters. The van der Waals surface area contributed by atoms with Crippen molar-refractivity contribution in [3.63, 3.8) is 0 Å². The Morgan fingerprint density at radius 1 is 1.32 bits per heavy atom. The van der Waals surface area contributed by atoms with Crippen LogP contribution in [0.1, 0.15) is 55.5 Å². The van der Waals surface area contributed by atoms with Gasteiger partial charge in [0.1, 0.15) is 0 Å². The third-order valence-corrected chi connectivity index (χ3v) is 4.66. The molecule has 1 saturated carbocycles. The van der Waals surface area contributed by atoms with Crippen molar-refractivity contribution in [1.82, 2.24) is 9.88 Å². The van der Waals surface area contributed by atoms with Crippen molar-refractivity contribution in [2.75, 3.05) is 27.8 Å². The van der Waals surface area contributed by atoms with Gasteiger partial charge in [0.15, 0.2) is 0 Å². The summed E-state index contributed by atoms with van der Waals surface area (Å²) in [5, 5.41) is 10.5. The van der Waals surface area contributed by atoms with Crippen LogP contribution in [0.2, 0.25) is 0 Å². The van der Waals surface area contributed by atoms with Crippen LogP contribution in [0.3, 0.4) is 0 Å². The van der Waals surface area contributed by atoms with Crippen LogP contribution in [0.15, 0.2) is 12.1 Å². The highest BCUT2D eigenvalue weighted by molar-refractivity contribution is 5.28. The molecule has 1 aliphatic rings. The van der Waals surface area contributed by atoms with Crippen LogP contribution in [0.25, 0.3) is 0 Å². The molecular formula is C18H30N2O2. The minimum absolute atomic E-state index is 0.442. The highest BCUT2D eigenvalue weighted by Crippen LogP contribution is 2.39. The Bertz CT molecular complexity index is 480. The molecule has 1 N–H and O–H groups in total. The second-order valence-electron chi connectivity index (χ2n) is 6.86. The first-order valence-corrected chi connectivity index (χ1v) is 8.32. The minimum atomic E-state index is -0.635. The van der Waals surface area contributed by atoms with E-state index in [0.717, 1.165) is 44.3 Å². The summed E-state index contributed by atoms with van der Waals surface area (Å²) >= 11 is 0. The van der Waals surface area contributed by atoms with E-state index in [9.17, 15) is 5.11 Å². The van der Waals surface area contributed by atoms with Crippen molar-refractivity contribution >= 4 is 0 Å². The van der Waals surface area contributed by atoms with Gasteiger partial charge in [-0.2, -0.15) is 0 Å². The summed E-state index contributed by atoms with van der Waals surface area (Å²) < 4.78 is 5.16. The smallest absolute Gasteiger partial charge is 0.0880 e. The molecule has 0 aliphatic heterocycles. The van der Waals surface area contributed by atoms with E-state index < -0.39 is 5.60 Å². The number of aryl methyl sites for hydroxylation is 1. The van der Waals surface area contributed by atoms with Crippen LogP contribution in [0, 0.1) is 0 Å². The fourth-order valence-electron chi connectivity index (χ4n) is 3.43. The van der Waals surface area contributed by atoms with Crippen LogP contribution in [0.4, 0.5) is 0 Å². The summed E-state index contributed by atoms with van der Waals surface area (Å²) in [6, 6.07) is 4.42. The number of aromatic nitrogens is 1. The molecule has 1 aromatic rings. The molecule has 0 amide bonds. The fourth-order valence-corrected chi connectivity index (χ4v) is 3.43. The number of methoxy groups -OCH3 is 1. The molecule has 0 bridgehead atoms. The Morgan fingerprint density at radius 2 is 2.00 bits per heavy atom. The number of aliphatic hydroxyl groups is 1. The number of ether oxygens (including phenoxy) is 1. The van der Waals surface area contributed by atoms with Crippen LogP contribution in [-0.4, -0.2) is 48.4 Å². The van der Waals surface area contributed by atoms with Crippen LogP contribution in [-0.2, 0) is 17.7 Å². The summed E-state index contributed by atoms with van der Waals surface area (Å²) in [6.07, 6.45) is 4.60. The van der Waals surface area contributed by atoms with Gasteiger partial charge in [-0.25, -0.2) is 0 Å². The van der Waals surface area contributed by atoms with Gasteiger partial charge in [0.2, 0.25) is 0 Å². The molecule has 1 aliphatic carbocycles. The van der Waals surface area contributed by atoms with Crippen LogP contribution in [0.5, 0.6) is 0 Å². The Balaban J connectivity index is 2.15. The minimum Gasteiger partial charge on any atom is -0.387 e. The maximum atomic E-state index is 10.5. The molecule has 0 saturated heterocycles. The molecule has 0 atom stereocenters. The summed E-state index contributed by atoms with van der Waals surface area (Å²) in [5.74, 6) is 0.505. The lowest BCUT2D eigenvalue weighted by atomic mass is 9.76. The molecule has 2 rings (SSSR count). The van der Waals surface area contributed by atoms with E-state index in [0.29, 0.717) is 12.5 Å². The first kappa shape index (κ1) is 17.4. The predicted octanol–water partition coefficient (Wildman–Crippen LogP) is 2.74. The number of rotatable bonds is 6. The lowest BCUT2D eigenvalue weighted by Crippen LogP contribution is -2.38. The zero-order valence-corrected chi connectivity index (χ0v) is 14.4. The lowest BCUT2D eigenvalue weighted by molar-refractivity contribution is -0.0589. The van der Waals surface area contributed by atoms with Crippen molar-refractivity contribution in [1.29, 1.82) is 0 Å². The highest BCUT2D eigenvalue weighted by Gasteiger charge is 2.34. The molecule has 0 aromatic carbocycles. The molecule has 4 nitrogen and oxygen atoms in total. The molecule has 1 fully saturated rings. The topological polar surface area (TPSA) is 45.6 Å². The van der Waals surface area contributed by atoms with E-state index in [1.807, 2.05) is 0 Å². The van der Waals surface area contributed by atoms with Gasteiger partial charge in [0, 0.05) is 19.3 Å². The third-order valence-electron chi connectivity index (χ3n) is 4.66. The van der Waals surface area contributed by atoms with Gasteiger partial charge in [-0.3, -0.25) is 4.98 Å². The maximum absolute atomic E-state index is 10.5. The number of hydrogen-bond donors (Lipinski definition) is 1. The average molecular weight is 306 g/mol. The fraction of sp³-hybridized carbons (Fsp3) is 0.722. The van der Waals surface area contributed by atoms with E-state index in [2.05, 4.69) is 38.1 Å². The predicted molar refractivity (Wildman–Crippen MR) is 89.0 cm³/mol. The standard InChI is InChI=1S/C18H30N2O2/c1-5-15-6-7-16(17(19-15)12-20(2)3)14-8-10-18(21,11-9-14)13-22-4/h6-7,14,21H,5,8-13H2,1-4H3. The van der Waals surface area contributed by atoms with Gasteiger partial charge in [-0.1, -0.05) is 13.0 Å². The molecule has 1 aromatic heterocycles. The second-order valence-corrected chi connectivity index (χ2v) is 6.86. The molecule has 124 valence electrons. The average Bonchev–Trinajstić information content (AvgIpc) is 2.48. The van der Waals surface area contributed by atoms with Gasteiger partial charge in [0.25, 0.3) is 0 Å². The molecule has 0 spiro atoms. The van der Waals surface area contributed by atoms with Crippen molar-refractivity contribution in [2.45, 2.75) is 57.1 Å². The Labute approximate surface area is 134 Å². The quantitative estimate of drug-likeness (QED) is 0.878. The van der Waals surface area contributed by atoms with Crippen molar-refractivity contribution < 1.29 is 9.84 Å². The SMILES string of the molecule is CCc1ccc(C2CCC(O)(COC)CC2)c(CN(C)C)n1. The Kier molecular flexibility index (Phi) is 5.95. The first-order valence-electron chi connectivity index (χ1n) is 8.32. The van der Waals surface area contributed by atoms with Gasteiger partial charge >= 0.3 is 0 Å². The van der Waals surface area contributed by atoms with E-state index in [-0.39, 0.29) is 0 Å².